The number of nitrogens with one attached hydrogen (secondary N) is 5. The Balaban J connectivity index is 0.000000529. The molecule has 0 aliphatic heterocycles. The number of aromatic amines is 2. The Morgan fingerprint density at radius 1 is 0.744 bits per heavy atom. The third-order valence-electron chi connectivity index (χ3n) is 5.58. The fourth-order valence-corrected chi connectivity index (χ4v) is 2.63. The van der Waals surface area contributed by atoms with E-state index in [1.54, 1.807) is 47.0 Å². The van der Waals surface area contributed by atoms with Crippen LogP contribution >= 0.6 is 0 Å². The number of hydrogen-bond acceptors (Lipinski definition) is 11. The molecule has 4 aromatic rings. The summed E-state index contributed by atoms with van der Waals surface area (Å²) in [5, 5.41) is 2.32. The normalized spacial score (nSPS) is 9.58. The van der Waals surface area contributed by atoms with Crippen molar-refractivity contribution in [3.8, 4) is 0 Å². The lowest BCUT2D eigenvalue weighted by Gasteiger charge is -2.04. The molecule has 0 aromatic carbocycles. The number of H-pyrrole nitrogens is 2. The number of carbonyl (C=O) groups excluding carboxylic acids is 1. The minimum atomic E-state index is -0.684. The van der Waals surface area contributed by atoms with E-state index >= 15 is 0 Å². The van der Waals surface area contributed by atoms with Crippen LogP contribution < -0.4 is 67.0 Å². The molecule has 0 radical (unpaired) electrons. The molecule has 0 fully saturated rings. The van der Waals surface area contributed by atoms with E-state index in [4.69, 9.17) is 22.9 Å². The van der Waals surface area contributed by atoms with Gasteiger partial charge >= 0.3 is 11.7 Å². The summed E-state index contributed by atoms with van der Waals surface area (Å²) in [7, 11) is 13.6. The molecule has 2 amide bonds. The lowest BCUT2D eigenvalue weighted by Crippen LogP contribution is -2.22. The summed E-state index contributed by atoms with van der Waals surface area (Å²) in [6, 6.07) is 3.24. The standard InChI is InChI=1S/C6H10N4O2.C5H10N4O.C5H9N3O.C4H4N2O2.C2H8N2/c1-9-4(8-6(7)12)3-5(11)10(9)2;1-8-4(7)3(6)5(10)9(8)2;1-7-4(6)3-5(9)8(7)2;7-3-1-2-5-4(8)6-3;1-3-4-2/h3H,1-2H3,(H3,7,8,12);6-7H2,1-2H3;3H,6H2,1-2H3;1-2H,(H2,5,6,7,8);3-4H,1-2H3. The zero-order valence-electron chi connectivity index (χ0n) is 25.3. The summed E-state index contributed by atoms with van der Waals surface area (Å²) in [6.45, 7) is 0. The molecule has 21 nitrogen and oxygen atoms in total. The van der Waals surface area contributed by atoms with Gasteiger partial charge in [-0.15, -0.1) is 0 Å². The molecular weight excluding hydrogens is 570 g/mol. The average Bonchev–Trinajstić information content (AvgIpc) is 3.40. The van der Waals surface area contributed by atoms with E-state index in [1.807, 2.05) is 19.1 Å². The first-order valence-corrected chi connectivity index (χ1v) is 12.1. The van der Waals surface area contributed by atoms with Crippen LogP contribution in [0.4, 0.5) is 27.9 Å². The number of anilines is 4. The van der Waals surface area contributed by atoms with Gasteiger partial charge in [0.15, 0.2) is 0 Å². The SMILES string of the molecule is CNNC.Cn1c(N)c(N)c(=O)n1C.Cn1c(N)cc(=O)n1C.Cn1c(NC(N)=O)cc(=O)n1C.O=c1cc[nH]c(=O)[nH]1. The third-order valence-corrected chi connectivity index (χ3v) is 5.58. The molecule has 4 heterocycles. The predicted octanol–water partition coefficient (Wildman–Crippen LogP) is -4.19. The van der Waals surface area contributed by atoms with E-state index in [9.17, 15) is 28.8 Å². The molecule has 0 saturated heterocycles. The molecule has 0 aliphatic carbocycles. The second kappa shape index (κ2) is 17.2. The molecule has 0 aliphatic rings. The molecule has 4 aromatic heterocycles. The highest BCUT2D eigenvalue weighted by atomic mass is 16.2. The van der Waals surface area contributed by atoms with Gasteiger partial charge in [0.2, 0.25) is 0 Å². The number of primary amides is 1. The fraction of sp³-hybridized carbons (Fsp3) is 0.364. The maximum atomic E-state index is 11.0. The maximum Gasteiger partial charge on any atom is 0.325 e. The van der Waals surface area contributed by atoms with Crippen LogP contribution in [-0.2, 0) is 42.3 Å². The summed E-state index contributed by atoms with van der Waals surface area (Å²) < 4.78 is 8.72. The van der Waals surface area contributed by atoms with Crippen LogP contribution in [0.3, 0.4) is 0 Å². The number of hydrazine groups is 1. The average molecular weight is 612 g/mol. The minimum Gasteiger partial charge on any atom is -0.391 e. The van der Waals surface area contributed by atoms with Crippen molar-refractivity contribution in [1.82, 2.24) is 48.9 Å². The van der Waals surface area contributed by atoms with E-state index in [0.717, 1.165) is 0 Å². The van der Waals surface area contributed by atoms with Gasteiger partial charge in [0.1, 0.15) is 23.1 Å². The smallest absolute Gasteiger partial charge is 0.325 e. The van der Waals surface area contributed by atoms with E-state index < -0.39 is 11.7 Å². The monoisotopic (exact) mass is 611 g/mol. The maximum absolute atomic E-state index is 11.0. The van der Waals surface area contributed by atoms with E-state index in [2.05, 4.69) is 21.2 Å². The number of urea groups is 1. The Morgan fingerprint density at radius 2 is 1.26 bits per heavy atom. The Labute approximate surface area is 244 Å². The number of aromatic nitrogens is 8. The van der Waals surface area contributed by atoms with E-state index in [-0.39, 0.29) is 27.9 Å². The van der Waals surface area contributed by atoms with Gasteiger partial charge in [-0.3, -0.25) is 68.4 Å². The zero-order valence-corrected chi connectivity index (χ0v) is 25.3. The number of nitrogen functional groups attached to an aromatic ring is 3. The fourth-order valence-electron chi connectivity index (χ4n) is 2.63. The molecule has 13 N–H and O–H groups in total. The molecule has 0 spiro atoms. The molecule has 0 unspecified atom stereocenters. The lowest BCUT2D eigenvalue weighted by atomic mass is 10.5. The largest absolute Gasteiger partial charge is 0.391 e. The number of amides is 2. The van der Waals surface area contributed by atoms with Gasteiger partial charge < -0.3 is 27.9 Å². The van der Waals surface area contributed by atoms with Crippen LogP contribution in [0.25, 0.3) is 0 Å². The van der Waals surface area contributed by atoms with Crippen LogP contribution in [0.1, 0.15) is 0 Å². The summed E-state index contributed by atoms with van der Waals surface area (Å²) in [4.78, 5) is 67.7. The minimum absolute atomic E-state index is 0.0741. The molecule has 0 bridgehead atoms. The van der Waals surface area contributed by atoms with Crippen LogP contribution in [0.2, 0.25) is 0 Å². The third kappa shape index (κ3) is 11.4. The summed E-state index contributed by atoms with van der Waals surface area (Å²) in [5.41, 5.74) is 25.1. The second-order valence-electron chi connectivity index (χ2n) is 8.31. The van der Waals surface area contributed by atoms with E-state index in [0.29, 0.717) is 17.5 Å². The van der Waals surface area contributed by atoms with Gasteiger partial charge in [-0.2, -0.15) is 0 Å². The highest BCUT2D eigenvalue weighted by molar-refractivity contribution is 5.86. The number of rotatable bonds is 2. The van der Waals surface area contributed by atoms with Crippen LogP contribution in [0.5, 0.6) is 0 Å². The zero-order chi connectivity index (χ0) is 33.6. The van der Waals surface area contributed by atoms with Crippen molar-refractivity contribution in [3.63, 3.8) is 0 Å². The van der Waals surface area contributed by atoms with Crippen molar-refractivity contribution in [3.05, 3.63) is 76.3 Å². The molecule has 4 rings (SSSR count). The number of nitrogens with two attached hydrogens (primary N) is 4. The highest BCUT2D eigenvalue weighted by Crippen LogP contribution is 2.05. The molecule has 240 valence electrons. The Kier molecular flexibility index (Phi) is 14.9. The molecule has 43 heavy (non-hydrogen) atoms. The van der Waals surface area contributed by atoms with Crippen LogP contribution in [0, 0.1) is 0 Å². The predicted molar refractivity (Wildman–Crippen MR) is 164 cm³/mol. The number of nitrogens with zero attached hydrogens (tertiary/aromatic N) is 6. The quantitative estimate of drug-likeness (QED) is 0.0979. The first kappa shape index (κ1) is 37.3. The van der Waals surface area contributed by atoms with Crippen molar-refractivity contribution < 1.29 is 4.79 Å². The molecule has 21 heteroatoms. The van der Waals surface area contributed by atoms with Crippen LogP contribution in [-0.4, -0.2) is 58.2 Å². The molecule has 0 atom stereocenters. The van der Waals surface area contributed by atoms with Crippen molar-refractivity contribution in [2.75, 3.05) is 36.6 Å². The summed E-state index contributed by atoms with van der Waals surface area (Å²) >= 11 is 0. The van der Waals surface area contributed by atoms with Crippen molar-refractivity contribution in [2.45, 2.75) is 0 Å². The van der Waals surface area contributed by atoms with Gasteiger partial charge in [0.05, 0.1) is 0 Å². The molecule has 0 saturated carbocycles. The van der Waals surface area contributed by atoms with Crippen LogP contribution in [0.15, 0.2) is 48.4 Å². The van der Waals surface area contributed by atoms with Crippen molar-refractivity contribution >= 4 is 29.2 Å². The van der Waals surface area contributed by atoms with Gasteiger partial charge in [-0.25, -0.2) is 9.59 Å². The van der Waals surface area contributed by atoms with Gasteiger partial charge in [0, 0.05) is 66.7 Å². The van der Waals surface area contributed by atoms with Gasteiger partial charge in [0.25, 0.3) is 22.2 Å². The topological polar surface area (TPSA) is 304 Å². The first-order valence-electron chi connectivity index (χ1n) is 12.1. The summed E-state index contributed by atoms with van der Waals surface area (Å²) in [6.07, 6.45) is 1.29. The Bertz CT molecular complexity index is 1700. The highest BCUT2D eigenvalue weighted by Gasteiger charge is 2.08. The van der Waals surface area contributed by atoms with Crippen molar-refractivity contribution in [2.24, 2.45) is 48.0 Å². The summed E-state index contributed by atoms with van der Waals surface area (Å²) in [5.74, 6) is 1.19. The number of carbonyl (C=O) groups is 1. The first-order chi connectivity index (χ1) is 19.9. The van der Waals surface area contributed by atoms with Gasteiger partial charge in [-0.05, 0) is 14.1 Å². The second-order valence-corrected chi connectivity index (χ2v) is 8.31. The van der Waals surface area contributed by atoms with Gasteiger partial charge in [-0.1, -0.05) is 0 Å². The molecular formula is C22H41N15O6. The lowest BCUT2D eigenvalue weighted by molar-refractivity contribution is 0.259. The Morgan fingerprint density at radius 3 is 1.47 bits per heavy atom. The number of hydrogen-bond donors (Lipinski definition) is 9. The Hall–Kier alpha value is -5.70. The van der Waals surface area contributed by atoms with Crippen molar-refractivity contribution in [1.29, 1.82) is 0 Å². The van der Waals surface area contributed by atoms with E-state index in [1.165, 1.54) is 47.8 Å².